The van der Waals surface area contributed by atoms with Gasteiger partial charge < -0.3 is 0 Å². The Morgan fingerprint density at radius 3 is 2.52 bits per heavy atom. The first-order chi connectivity index (χ1) is 9.86. The molecular weight excluding hydrogens is 374 g/mol. The number of rotatable bonds is 5. The van der Waals surface area contributed by atoms with Crippen LogP contribution >= 0.6 is 27.5 Å². The van der Waals surface area contributed by atoms with E-state index in [-0.39, 0.29) is 0 Å². The van der Waals surface area contributed by atoms with Crippen LogP contribution in [0.5, 0.6) is 0 Å². The van der Waals surface area contributed by atoms with Crippen LogP contribution in [-0.4, -0.2) is 26.3 Å². The third kappa shape index (κ3) is 3.81. The molecule has 21 heavy (non-hydrogen) atoms. The van der Waals surface area contributed by atoms with Crippen LogP contribution in [0, 0.1) is 12.8 Å². The molecule has 0 N–H and O–H groups in total. The van der Waals surface area contributed by atoms with Crippen molar-refractivity contribution in [3.63, 3.8) is 0 Å². The Hall–Kier alpha value is -0.100. The standard InChI is InChI=1S/C15H21BrClNO2S/c1-11-7-13(9-17)8-14(15(11)16)21(19,20)18(2)10-12-5-3-4-6-12/h7-8,12H,3-6,9-10H2,1-2H3. The summed E-state index contributed by atoms with van der Waals surface area (Å²) in [5, 5.41) is 0. The molecule has 0 atom stereocenters. The maximum atomic E-state index is 12.8. The summed E-state index contributed by atoms with van der Waals surface area (Å²) in [7, 11) is -1.81. The smallest absolute Gasteiger partial charge is 0.207 e. The molecule has 1 aliphatic carbocycles. The summed E-state index contributed by atoms with van der Waals surface area (Å²) in [4.78, 5) is 0.318. The Labute approximate surface area is 140 Å². The van der Waals surface area contributed by atoms with Gasteiger partial charge in [0.05, 0.1) is 4.90 Å². The number of benzene rings is 1. The first-order valence-electron chi connectivity index (χ1n) is 7.17. The van der Waals surface area contributed by atoms with Crippen LogP contribution in [0.15, 0.2) is 21.5 Å². The van der Waals surface area contributed by atoms with Crippen molar-refractivity contribution < 1.29 is 8.42 Å². The third-order valence-electron chi connectivity index (χ3n) is 4.11. The highest BCUT2D eigenvalue weighted by Crippen LogP contribution is 2.32. The van der Waals surface area contributed by atoms with E-state index in [2.05, 4.69) is 15.9 Å². The van der Waals surface area contributed by atoms with Crippen LogP contribution in [0.1, 0.15) is 36.8 Å². The second-order valence-corrected chi connectivity index (χ2v) is 8.87. The van der Waals surface area contributed by atoms with E-state index < -0.39 is 10.0 Å². The normalized spacial score (nSPS) is 16.8. The highest BCUT2D eigenvalue weighted by Gasteiger charge is 2.28. The first kappa shape index (κ1) is 17.3. The lowest BCUT2D eigenvalue weighted by Gasteiger charge is -2.22. The monoisotopic (exact) mass is 393 g/mol. The highest BCUT2D eigenvalue weighted by molar-refractivity contribution is 9.10. The molecule has 0 radical (unpaired) electrons. The lowest BCUT2D eigenvalue weighted by atomic mass is 10.1. The summed E-state index contributed by atoms with van der Waals surface area (Å²) in [6, 6.07) is 3.58. The molecule has 2 rings (SSSR count). The van der Waals surface area contributed by atoms with Crippen molar-refractivity contribution in [2.45, 2.75) is 43.4 Å². The summed E-state index contributed by atoms with van der Waals surface area (Å²) in [6.07, 6.45) is 4.68. The summed E-state index contributed by atoms with van der Waals surface area (Å²) in [5.41, 5.74) is 1.71. The van der Waals surface area contributed by atoms with E-state index in [1.807, 2.05) is 13.0 Å². The zero-order valence-electron chi connectivity index (χ0n) is 12.4. The molecule has 0 unspecified atom stereocenters. The lowest BCUT2D eigenvalue weighted by molar-refractivity contribution is 0.387. The Kier molecular flexibility index (Phi) is 5.74. The molecule has 0 aliphatic heterocycles. The Morgan fingerprint density at radius 2 is 1.95 bits per heavy atom. The number of hydrogen-bond donors (Lipinski definition) is 0. The molecule has 6 heteroatoms. The molecule has 1 fully saturated rings. The second-order valence-electron chi connectivity index (χ2n) is 5.79. The van der Waals surface area contributed by atoms with E-state index in [1.165, 1.54) is 17.1 Å². The van der Waals surface area contributed by atoms with Gasteiger partial charge in [-0.15, -0.1) is 11.6 Å². The zero-order valence-corrected chi connectivity index (χ0v) is 15.6. The van der Waals surface area contributed by atoms with Crippen molar-refractivity contribution in [2.24, 2.45) is 5.92 Å². The average Bonchev–Trinajstić information content (AvgIpc) is 2.94. The minimum absolute atomic E-state index is 0.309. The average molecular weight is 395 g/mol. The summed E-state index contributed by atoms with van der Waals surface area (Å²) >= 11 is 9.28. The fraction of sp³-hybridized carbons (Fsp3) is 0.600. The van der Waals surface area contributed by atoms with E-state index in [0.717, 1.165) is 24.0 Å². The lowest BCUT2D eigenvalue weighted by Crippen LogP contribution is -2.31. The highest BCUT2D eigenvalue weighted by atomic mass is 79.9. The van der Waals surface area contributed by atoms with Gasteiger partial charge in [0, 0.05) is 23.9 Å². The van der Waals surface area contributed by atoms with E-state index >= 15 is 0 Å². The molecule has 0 heterocycles. The molecule has 1 aliphatic rings. The predicted molar refractivity (Wildman–Crippen MR) is 90.2 cm³/mol. The molecule has 1 aromatic carbocycles. The Morgan fingerprint density at radius 1 is 1.33 bits per heavy atom. The van der Waals surface area contributed by atoms with E-state index in [0.29, 0.717) is 27.7 Å². The van der Waals surface area contributed by atoms with Crippen molar-refractivity contribution in [1.82, 2.24) is 4.31 Å². The van der Waals surface area contributed by atoms with Crippen molar-refractivity contribution in [1.29, 1.82) is 0 Å². The molecule has 0 spiro atoms. The molecule has 0 aromatic heterocycles. The van der Waals surface area contributed by atoms with Crippen molar-refractivity contribution >= 4 is 37.6 Å². The van der Waals surface area contributed by atoms with Crippen LogP contribution in [0.4, 0.5) is 0 Å². The number of nitrogens with zero attached hydrogens (tertiary/aromatic N) is 1. The molecule has 118 valence electrons. The van der Waals surface area contributed by atoms with Crippen molar-refractivity contribution in [2.75, 3.05) is 13.6 Å². The predicted octanol–water partition coefficient (Wildman–Crippen LogP) is 4.31. The third-order valence-corrected chi connectivity index (χ3v) is 7.58. The topological polar surface area (TPSA) is 37.4 Å². The maximum absolute atomic E-state index is 12.8. The zero-order chi connectivity index (χ0) is 15.6. The van der Waals surface area contributed by atoms with Crippen LogP contribution in [0.25, 0.3) is 0 Å². The van der Waals surface area contributed by atoms with Gasteiger partial charge in [-0.25, -0.2) is 12.7 Å². The van der Waals surface area contributed by atoms with E-state index in [9.17, 15) is 8.42 Å². The van der Waals surface area contributed by atoms with Gasteiger partial charge in [0.25, 0.3) is 0 Å². The fourth-order valence-corrected chi connectivity index (χ4v) is 5.32. The largest absolute Gasteiger partial charge is 0.243 e. The molecule has 3 nitrogen and oxygen atoms in total. The van der Waals surface area contributed by atoms with Gasteiger partial charge in [0.1, 0.15) is 0 Å². The van der Waals surface area contributed by atoms with E-state index in [4.69, 9.17) is 11.6 Å². The molecule has 0 saturated heterocycles. The molecule has 0 amide bonds. The molecule has 0 bridgehead atoms. The molecule has 1 saturated carbocycles. The van der Waals surface area contributed by atoms with Crippen molar-refractivity contribution in [3.8, 4) is 0 Å². The van der Waals surface area contributed by atoms with Crippen LogP contribution in [-0.2, 0) is 15.9 Å². The number of halogens is 2. The minimum atomic E-state index is -3.48. The Bertz CT molecular complexity index is 612. The van der Waals surface area contributed by atoms with Gasteiger partial charge in [-0.1, -0.05) is 18.9 Å². The van der Waals surface area contributed by atoms with Crippen LogP contribution < -0.4 is 0 Å². The molecule has 1 aromatic rings. The summed E-state index contributed by atoms with van der Waals surface area (Å²) in [6.45, 7) is 2.48. The van der Waals surface area contributed by atoms with Crippen LogP contribution in [0.3, 0.4) is 0 Å². The molecular formula is C15H21BrClNO2S. The van der Waals surface area contributed by atoms with Gasteiger partial charge in [0.15, 0.2) is 0 Å². The number of sulfonamides is 1. The quantitative estimate of drug-likeness (QED) is 0.698. The number of alkyl halides is 1. The van der Waals surface area contributed by atoms with Gasteiger partial charge in [0.2, 0.25) is 10.0 Å². The van der Waals surface area contributed by atoms with Crippen LogP contribution in [0.2, 0.25) is 0 Å². The van der Waals surface area contributed by atoms with Gasteiger partial charge in [-0.3, -0.25) is 0 Å². The van der Waals surface area contributed by atoms with Crippen molar-refractivity contribution in [3.05, 3.63) is 27.7 Å². The number of hydrogen-bond acceptors (Lipinski definition) is 2. The van der Waals surface area contributed by atoms with Gasteiger partial charge in [-0.05, 0) is 58.8 Å². The Balaban J connectivity index is 2.31. The van der Waals surface area contributed by atoms with Gasteiger partial charge in [-0.2, -0.15) is 0 Å². The minimum Gasteiger partial charge on any atom is -0.207 e. The second kappa shape index (κ2) is 6.99. The number of aryl methyl sites for hydroxylation is 1. The summed E-state index contributed by atoms with van der Waals surface area (Å²) in [5.74, 6) is 0.795. The first-order valence-corrected chi connectivity index (χ1v) is 9.94. The van der Waals surface area contributed by atoms with Gasteiger partial charge >= 0.3 is 0 Å². The maximum Gasteiger partial charge on any atom is 0.243 e. The summed E-state index contributed by atoms with van der Waals surface area (Å²) < 4.78 is 27.7. The van der Waals surface area contributed by atoms with E-state index in [1.54, 1.807) is 13.1 Å². The SMILES string of the molecule is Cc1cc(CCl)cc(S(=O)(=O)N(C)CC2CCCC2)c1Br. The fourth-order valence-electron chi connectivity index (χ4n) is 2.90.